The van der Waals surface area contributed by atoms with Crippen molar-refractivity contribution in [1.82, 2.24) is 5.32 Å². The summed E-state index contributed by atoms with van der Waals surface area (Å²) in [7, 11) is 0. The monoisotopic (exact) mass is 261 g/mol. The van der Waals surface area contributed by atoms with Crippen LogP contribution in [0.5, 0.6) is 0 Å². The first kappa shape index (κ1) is 12.2. The standard InChI is InChI=1S/C11H20BrNO/c1-3-4-11-7-10(5-6-14-11)13-8-9(2)12/h10-11,13H,2-8H2,1H3. The summed E-state index contributed by atoms with van der Waals surface area (Å²) < 4.78 is 6.71. The maximum atomic E-state index is 5.68. The number of hydrogen-bond donors (Lipinski definition) is 1. The Morgan fingerprint density at radius 1 is 1.64 bits per heavy atom. The van der Waals surface area contributed by atoms with Gasteiger partial charge in [0.15, 0.2) is 0 Å². The maximum absolute atomic E-state index is 5.68. The van der Waals surface area contributed by atoms with Gasteiger partial charge < -0.3 is 10.1 Å². The van der Waals surface area contributed by atoms with Crippen LogP contribution in [-0.2, 0) is 4.74 Å². The molecule has 1 rings (SSSR count). The van der Waals surface area contributed by atoms with Crippen molar-refractivity contribution in [3.63, 3.8) is 0 Å². The molecule has 1 aliphatic rings. The lowest BCUT2D eigenvalue weighted by atomic mass is 10.0. The van der Waals surface area contributed by atoms with Crippen molar-refractivity contribution in [3.8, 4) is 0 Å². The van der Waals surface area contributed by atoms with Crippen LogP contribution >= 0.6 is 15.9 Å². The molecule has 0 aromatic heterocycles. The fourth-order valence-corrected chi connectivity index (χ4v) is 2.01. The van der Waals surface area contributed by atoms with Gasteiger partial charge in [0.1, 0.15) is 0 Å². The third kappa shape index (κ3) is 4.58. The molecule has 82 valence electrons. The first-order valence-electron chi connectivity index (χ1n) is 5.40. The molecule has 0 spiro atoms. The van der Waals surface area contributed by atoms with Gasteiger partial charge in [-0.15, -0.1) is 0 Å². The average molecular weight is 262 g/mol. The van der Waals surface area contributed by atoms with Crippen molar-refractivity contribution in [2.24, 2.45) is 0 Å². The van der Waals surface area contributed by atoms with Gasteiger partial charge in [-0.3, -0.25) is 0 Å². The van der Waals surface area contributed by atoms with E-state index in [1.807, 2.05) is 0 Å². The fraction of sp³-hybridized carbons (Fsp3) is 0.818. The highest BCUT2D eigenvalue weighted by molar-refractivity contribution is 9.11. The van der Waals surface area contributed by atoms with Crippen LogP contribution in [0.1, 0.15) is 32.6 Å². The summed E-state index contributed by atoms with van der Waals surface area (Å²) >= 11 is 3.36. The molecule has 0 aromatic rings. The average Bonchev–Trinajstić information content (AvgIpc) is 2.16. The van der Waals surface area contributed by atoms with Crippen molar-refractivity contribution < 1.29 is 4.74 Å². The Bertz CT molecular complexity index is 182. The van der Waals surface area contributed by atoms with Crippen molar-refractivity contribution in [1.29, 1.82) is 0 Å². The molecule has 1 heterocycles. The molecule has 0 amide bonds. The Hall–Kier alpha value is 0.140. The summed E-state index contributed by atoms with van der Waals surface area (Å²) in [6.07, 6.45) is 5.14. The fourth-order valence-electron chi connectivity index (χ4n) is 1.84. The number of ether oxygens (including phenoxy) is 1. The van der Waals surface area contributed by atoms with E-state index in [1.165, 1.54) is 12.8 Å². The van der Waals surface area contributed by atoms with E-state index in [-0.39, 0.29) is 0 Å². The zero-order valence-electron chi connectivity index (χ0n) is 8.89. The Morgan fingerprint density at radius 2 is 2.43 bits per heavy atom. The van der Waals surface area contributed by atoms with E-state index in [0.717, 1.165) is 30.5 Å². The minimum Gasteiger partial charge on any atom is -0.378 e. The molecule has 3 heteroatoms. The van der Waals surface area contributed by atoms with Gasteiger partial charge in [0.05, 0.1) is 6.10 Å². The molecular weight excluding hydrogens is 242 g/mol. The van der Waals surface area contributed by atoms with Crippen LogP contribution in [0.2, 0.25) is 0 Å². The predicted octanol–water partition coefficient (Wildman–Crippen LogP) is 2.83. The van der Waals surface area contributed by atoms with Crippen LogP contribution in [0.15, 0.2) is 11.1 Å². The molecule has 2 unspecified atom stereocenters. The second-order valence-electron chi connectivity index (χ2n) is 3.90. The Labute approximate surface area is 95.2 Å². The van der Waals surface area contributed by atoms with Crippen molar-refractivity contribution in [2.45, 2.75) is 44.8 Å². The third-order valence-corrected chi connectivity index (χ3v) is 2.84. The van der Waals surface area contributed by atoms with Gasteiger partial charge in [-0.05, 0) is 19.3 Å². The van der Waals surface area contributed by atoms with Crippen molar-refractivity contribution in [2.75, 3.05) is 13.2 Å². The minimum atomic E-state index is 0.467. The van der Waals surface area contributed by atoms with E-state index in [9.17, 15) is 0 Å². The molecular formula is C11H20BrNO. The summed E-state index contributed by atoms with van der Waals surface area (Å²) in [5, 5.41) is 3.48. The minimum absolute atomic E-state index is 0.467. The van der Waals surface area contributed by atoms with Crippen LogP contribution in [0.3, 0.4) is 0 Å². The number of nitrogens with one attached hydrogen (secondary N) is 1. The van der Waals surface area contributed by atoms with Crippen LogP contribution < -0.4 is 5.32 Å². The van der Waals surface area contributed by atoms with Gasteiger partial charge in [-0.25, -0.2) is 0 Å². The van der Waals surface area contributed by atoms with E-state index < -0.39 is 0 Å². The van der Waals surface area contributed by atoms with Gasteiger partial charge in [0.2, 0.25) is 0 Å². The van der Waals surface area contributed by atoms with Crippen LogP contribution in [0.4, 0.5) is 0 Å². The second-order valence-corrected chi connectivity index (χ2v) is 5.02. The van der Waals surface area contributed by atoms with E-state index in [4.69, 9.17) is 4.74 Å². The predicted molar refractivity (Wildman–Crippen MR) is 63.7 cm³/mol. The summed E-state index contributed by atoms with van der Waals surface area (Å²) in [6, 6.07) is 0.606. The first-order valence-corrected chi connectivity index (χ1v) is 6.20. The van der Waals surface area contributed by atoms with Crippen molar-refractivity contribution >= 4 is 15.9 Å². The highest BCUT2D eigenvalue weighted by Crippen LogP contribution is 2.18. The van der Waals surface area contributed by atoms with E-state index in [2.05, 4.69) is 34.7 Å². The van der Waals surface area contributed by atoms with Crippen LogP contribution in [0.25, 0.3) is 0 Å². The zero-order chi connectivity index (χ0) is 10.4. The van der Waals surface area contributed by atoms with Gasteiger partial charge in [-0.1, -0.05) is 35.9 Å². The molecule has 1 fully saturated rings. The lowest BCUT2D eigenvalue weighted by Crippen LogP contribution is -2.39. The molecule has 0 radical (unpaired) electrons. The molecule has 0 bridgehead atoms. The molecule has 0 saturated carbocycles. The number of halogens is 1. The molecule has 1 N–H and O–H groups in total. The lowest BCUT2D eigenvalue weighted by molar-refractivity contribution is -0.00257. The molecule has 2 nitrogen and oxygen atoms in total. The van der Waals surface area contributed by atoms with Gasteiger partial charge in [-0.2, -0.15) is 0 Å². The molecule has 2 atom stereocenters. The van der Waals surface area contributed by atoms with E-state index in [1.54, 1.807) is 0 Å². The Kier molecular flexibility index (Phi) is 5.75. The third-order valence-electron chi connectivity index (χ3n) is 2.56. The highest BCUT2D eigenvalue weighted by Gasteiger charge is 2.21. The summed E-state index contributed by atoms with van der Waals surface area (Å²) in [4.78, 5) is 0. The van der Waals surface area contributed by atoms with Gasteiger partial charge in [0, 0.05) is 23.7 Å². The summed E-state index contributed by atoms with van der Waals surface area (Å²) in [5.74, 6) is 0. The highest BCUT2D eigenvalue weighted by atomic mass is 79.9. The topological polar surface area (TPSA) is 21.3 Å². The van der Waals surface area contributed by atoms with E-state index in [0.29, 0.717) is 12.1 Å². The molecule has 1 saturated heterocycles. The lowest BCUT2D eigenvalue weighted by Gasteiger charge is -2.30. The summed E-state index contributed by atoms with van der Waals surface area (Å²) in [5.41, 5.74) is 0. The smallest absolute Gasteiger partial charge is 0.0589 e. The Balaban J connectivity index is 2.21. The Morgan fingerprint density at radius 3 is 3.07 bits per heavy atom. The zero-order valence-corrected chi connectivity index (χ0v) is 10.5. The number of rotatable bonds is 5. The van der Waals surface area contributed by atoms with Crippen LogP contribution in [-0.4, -0.2) is 25.3 Å². The summed E-state index contributed by atoms with van der Waals surface area (Å²) in [6.45, 7) is 7.79. The molecule has 1 aliphatic heterocycles. The second kappa shape index (κ2) is 6.59. The quantitative estimate of drug-likeness (QED) is 0.822. The molecule has 0 aromatic carbocycles. The van der Waals surface area contributed by atoms with Gasteiger partial charge in [0.25, 0.3) is 0 Å². The number of hydrogen-bond acceptors (Lipinski definition) is 2. The normalized spacial score (nSPS) is 27.6. The van der Waals surface area contributed by atoms with E-state index >= 15 is 0 Å². The molecule has 14 heavy (non-hydrogen) atoms. The molecule has 0 aliphatic carbocycles. The van der Waals surface area contributed by atoms with Gasteiger partial charge >= 0.3 is 0 Å². The van der Waals surface area contributed by atoms with Crippen LogP contribution in [0, 0.1) is 0 Å². The first-order chi connectivity index (χ1) is 6.72. The SMILES string of the molecule is C=C(Br)CNC1CCOC(CCC)C1. The van der Waals surface area contributed by atoms with Crippen molar-refractivity contribution in [3.05, 3.63) is 11.1 Å². The maximum Gasteiger partial charge on any atom is 0.0589 e. The largest absolute Gasteiger partial charge is 0.378 e.